The quantitative estimate of drug-likeness (QED) is 0.813. The molecule has 0 aromatic heterocycles. The molecule has 0 aliphatic rings. The van der Waals surface area contributed by atoms with Gasteiger partial charge in [-0.1, -0.05) is 33.8 Å². The Morgan fingerprint density at radius 3 is 2.48 bits per heavy atom. The first-order valence-corrected chi connectivity index (χ1v) is 8.63. The van der Waals surface area contributed by atoms with Crippen LogP contribution in [0.15, 0.2) is 23.1 Å². The summed E-state index contributed by atoms with van der Waals surface area (Å²) in [6.45, 7) is 9.61. The molecule has 0 aliphatic heterocycles. The number of rotatable bonds is 7. The highest BCUT2D eigenvalue weighted by Crippen LogP contribution is 2.19. The average Bonchev–Trinajstić information content (AvgIpc) is 2.35. The van der Waals surface area contributed by atoms with Crippen molar-refractivity contribution in [3.8, 4) is 0 Å². The van der Waals surface area contributed by atoms with E-state index in [0.717, 1.165) is 12.1 Å². The topological polar surface area (TPSA) is 58.2 Å². The smallest absolute Gasteiger partial charge is 0.243 e. The lowest BCUT2D eigenvalue weighted by molar-refractivity contribution is 0.378. The number of hydrogen-bond acceptors (Lipinski definition) is 3. The van der Waals surface area contributed by atoms with Gasteiger partial charge in [0.2, 0.25) is 10.0 Å². The summed E-state index contributed by atoms with van der Waals surface area (Å²) >= 11 is 0. The van der Waals surface area contributed by atoms with E-state index in [1.807, 2.05) is 27.7 Å². The van der Waals surface area contributed by atoms with Gasteiger partial charge in [0.15, 0.2) is 0 Å². The fraction of sp³-hybridized carbons (Fsp3) is 0.600. The average molecular weight is 316 g/mol. The third kappa shape index (κ3) is 6.11. The predicted octanol–water partition coefficient (Wildman–Crippen LogP) is 2.65. The summed E-state index contributed by atoms with van der Waals surface area (Å²) in [6.07, 6.45) is 0.685. The summed E-state index contributed by atoms with van der Waals surface area (Å²) in [7, 11) is -3.81. The molecule has 0 aliphatic carbocycles. The molecular formula is C15H25FN2O2S. The Bertz CT molecular complexity index is 566. The Labute approximate surface area is 127 Å². The van der Waals surface area contributed by atoms with Crippen LogP contribution in [0.5, 0.6) is 0 Å². The summed E-state index contributed by atoms with van der Waals surface area (Å²) in [6, 6.07) is 4.18. The summed E-state index contributed by atoms with van der Waals surface area (Å²) in [5.41, 5.74) is 0.767. The van der Waals surface area contributed by atoms with Crippen LogP contribution in [0, 0.1) is 11.2 Å². The van der Waals surface area contributed by atoms with Gasteiger partial charge in [-0.05, 0) is 36.1 Å². The zero-order valence-electron chi connectivity index (χ0n) is 13.2. The fourth-order valence-corrected chi connectivity index (χ4v) is 2.93. The molecule has 1 aromatic carbocycles. The van der Waals surface area contributed by atoms with Crippen molar-refractivity contribution in [2.45, 2.75) is 45.6 Å². The molecule has 0 bridgehead atoms. The first kappa shape index (κ1) is 18.1. The summed E-state index contributed by atoms with van der Waals surface area (Å²) in [5, 5.41) is 3.09. The van der Waals surface area contributed by atoms with E-state index in [0.29, 0.717) is 19.5 Å². The van der Waals surface area contributed by atoms with E-state index in [4.69, 9.17) is 0 Å². The van der Waals surface area contributed by atoms with E-state index >= 15 is 0 Å². The highest BCUT2D eigenvalue weighted by molar-refractivity contribution is 7.89. The fourth-order valence-electron chi connectivity index (χ4n) is 1.77. The summed E-state index contributed by atoms with van der Waals surface area (Å²) in [4.78, 5) is -0.285. The molecule has 21 heavy (non-hydrogen) atoms. The number of sulfonamides is 1. The van der Waals surface area contributed by atoms with E-state index in [9.17, 15) is 12.8 Å². The van der Waals surface area contributed by atoms with E-state index in [-0.39, 0.29) is 10.3 Å². The minimum absolute atomic E-state index is 0.0218. The monoisotopic (exact) mass is 316 g/mol. The van der Waals surface area contributed by atoms with Gasteiger partial charge in [0.25, 0.3) is 0 Å². The standard InChI is InChI=1S/C15H25FN2O2S/c1-5-17-11-12-6-7-13(16)14(10-12)21(19,20)18-9-8-15(2,3)4/h6-7,10,17-18H,5,8-9,11H2,1-4H3. The Balaban J connectivity index is 2.86. The van der Waals surface area contributed by atoms with Gasteiger partial charge in [-0.15, -0.1) is 0 Å². The molecule has 0 spiro atoms. The molecule has 0 radical (unpaired) electrons. The van der Waals surface area contributed by atoms with Crippen molar-refractivity contribution in [2.24, 2.45) is 5.41 Å². The normalized spacial score (nSPS) is 12.6. The van der Waals surface area contributed by atoms with Crippen LogP contribution in [-0.4, -0.2) is 21.5 Å². The maximum atomic E-state index is 13.8. The van der Waals surface area contributed by atoms with Crippen molar-refractivity contribution in [2.75, 3.05) is 13.1 Å². The van der Waals surface area contributed by atoms with Crippen molar-refractivity contribution in [3.05, 3.63) is 29.6 Å². The minimum Gasteiger partial charge on any atom is -0.313 e. The minimum atomic E-state index is -3.81. The molecule has 6 heteroatoms. The van der Waals surface area contributed by atoms with E-state index < -0.39 is 15.8 Å². The third-order valence-corrected chi connectivity index (χ3v) is 4.51. The molecule has 0 atom stereocenters. The zero-order chi connectivity index (χ0) is 16.1. The zero-order valence-corrected chi connectivity index (χ0v) is 14.0. The van der Waals surface area contributed by atoms with Crippen LogP contribution >= 0.6 is 0 Å². The first-order chi connectivity index (χ1) is 9.65. The molecular weight excluding hydrogens is 291 g/mol. The molecule has 2 N–H and O–H groups in total. The Morgan fingerprint density at radius 2 is 1.90 bits per heavy atom. The summed E-state index contributed by atoms with van der Waals surface area (Å²) < 4.78 is 40.7. The maximum Gasteiger partial charge on any atom is 0.243 e. The van der Waals surface area contributed by atoms with Crippen molar-refractivity contribution < 1.29 is 12.8 Å². The van der Waals surface area contributed by atoms with Crippen molar-refractivity contribution in [3.63, 3.8) is 0 Å². The van der Waals surface area contributed by atoms with E-state index in [2.05, 4.69) is 10.0 Å². The number of benzene rings is 1. The molecule has 0 saturated heterocycles. The lowest BCUT2D eigenvalue weighted by Gasteiger charge is -2.18. The molecule has 120 valence electrons. The Morgan fingerprint density at radius 1 is 1.24 bits per heavy atom. The highest BCUT2D eigenvalue weighted by Gasteiger charge is 2.20. The van der Waals surface area contributed by atoms with Crippen LogP contribution in [0.4, 0.5) is 4.39 Å². The van der Waals surface area contributed by atoms with Crippen LogP contribution < -0.4 is 10.0 Å². The molecule has 0 amide bonds. The van der Waals surface area contributed by atoms with Gasteiger partial charge in [0, 0.05) is 13.1 Å². The van der Waals surface area contributed by atoms with E-state index in [1.54, 1.807) is 6.07 Å². The van der Waals surface area contributed by atoms with Crippen LogP contribution in [-0.2, 0) is 16.6 Å². The third-order valence-electron chi connectivity index (χ3n) is 3.03. The van der Waals surface area contributed by atoms with Crippen LogP contribution in [0.1, 0.15) is 39.7 Å². The Hall–Kier alpha value is -0.980. The van der Waals surface area contributed by atoms with Gasteiger partial charge in [-0.25, -0.2) is 17.5 Å². The predicted molar refractivity (Wildman–Crippen MR) is 83.0 cm³/mol. The van der Waals surface area contributed by atoms with Crippen molar-refractivity contribution in [1.29, 1.82) is 0 Å². The number of nitrogens with one attached hydrogen (secondary N) is 2. The number of hydrogen-bond donors (Lipinski definition) is 2. The second-order valence-electron chi connectivity index (χ2n) is 6.25. The van der Waals surface area contributed by atoms with Gasteiger partial charge >= 0.3 is 0 Å². The first-order valence-electron chi connectivity index (χ1n) is 7.14. The van der Waals surface area contributed by atoms with Gasteiger partial charge in [0.05, 0.1) is 0 Å². The molecule has 0 fully saturated rings. The van der Waals surface area contributed by atoms with Gasteiger partial charge < -0.3 is 5.32 Å². The lowest BCUT2D eigenvalue weighted by Crippen LogP contribution is -2.28. The van der Waals surface area contributed by atoms with Crippen LogP contribution in [0.2, 0.25) is 0 Å². The maximum absolute atomic E-state index is 13.8. The molecule has 1 rings (SSSR count). The second-order valence-corrected chi connectivity index (χ2v) is 7.99. The largest absolute Gasteiger partial charge is 0.313 e. The van der Waals surface area contributed by atoms with E-state index in [1.165, 1.54) is 12.1 Å². The van der Waals surface area contributed by atoms with Gasteiger partial charge in [-0.2, -0.15) is 0 Å². The summed E-state index contributed by atoms with van der Waals surface area (Å²) in [5.74, 6) is -0.724. The molecule has 0 unspecified atom stereocenters. The molecule has 0 saturated carbocycles. The molecule has 0 heterocycles. The number of halogens is 1. The van der Waals surface area contributed by atoms with Crippen LogP contribution in [0.3, 0.4) is 0 Å². The highest BCUT2D eigenvalue weighted by atomic mass is 32.2. The van der Waals surface area contributed by atoms with Crippen molar-refractivity contribution in [1.82, 2.24) is 10.0 Å². The van der Waals surface area contributed by atoms with Crippen molar-refractivity contribution >= 4 is 10.0 Å². The second kappa shape index (κ2) is 7.33. The lowest BCUT2D eigenvalue weighted by atomic mass is 9.93. The van der Waals surface area contributed by atoms with Gasteiger partial charge in [0.1, 0.15) is 10.7 Å². The molecule has 1 aromatic rings. The van der Waals surface area contributed by atoms with Gasteiger partial charge in [-0.3, -0.25) is 0 Å². The van der Waals surface area contributed by atoms with Crippen LogP contribution in [0.25, 0.3) is 0 Å². The molecule has 4 nitrogen and oxygen atoms in total. The Kier molecular flexibility index (Phi) is 6.31. The SMILES string of the molecule is CCNCc1ccc(F)c(S(=O)(=O)NCCC(C)(C)C)c1.